The third-order valence-corrected chi connectivity index (χ3v) is 5.78. The van der Waals surface area contributed by atoms with E-state index in [-0.39, 0.29) is 0 Å². The van der Waals surface area contributed by atoms with Crippen LogP contribution < -0.4 is 0 Å². The lowest BCUT2D eigenvalue weighted by Crippen LogP contribution is -2.34. The van der Waals surface area contributed by atoms with Gasteiger partial charge in [0.05, 0.1) is 0 Å². The number of nitrogens with one attached hydrogen (secondary N) is 1. The minimum Gasteiger partial charge on any atom is -0.309 e. The first-order valence-electron chi connectivity index (χ1n) is 8.89. The number of hydrogen-bond acceptors (Lipinski definition) is 1. The van der Waals surface area contributed by atoms with Crippen molar-refractivity contribution in [2.45, 2.75) is 67.2 Å². The van der Waals surface area contributed by atoms with Crippen molar-refractivity contribution in [2.75, 3.05) is 0 Å². The first-order valence-corrected chi connectivity index (χ1v) is 8.89. The molecule has 0 spiro atoms. The van der Waals surface area contributed by atoms with Crippen LogP contribution in [-0.4, -0.2) is 5.71 Å². The molecule has 0 radical (unpaired) electrons. The highest BCUT2D eigenvalue weighted by Crippen LogP contribution is 2.52. The Hall–Kier alpha value is -0.850. The molecule has 0 aliphatic heterocycles. The van der Waals surface area contributed by atoms with Gasteiger partial charge in [0, 0.05) is 18.1 Å². The Morgan fingerprint density at radius 2 is 2.00 bits per heavy atom. The largest absolute Gasteiger partial charge is 0.309 e. The molecule has 4 unspecified atom stereocenters. The van der Waals surface area contributed by atoms with Gasteiger partial charge in [-0.1, -0.05) is 70.3 Å². The van der Waals surface area contributed by atoms with Crippen LogP contribution in [0.15, 0.2) is 22.8 Å². The average molecular weight is 287 g/mol. The van der Waals surface area contributed by atoms with Gasteiger partial charge in [-0.3, -0.25) is 0 Å². The summed E-state index contributed by atoms with van der Waals surface area (Å²) in [5, 5.41) is 8.61. The van der Waals surface area contributed by atoms with Gasteiger partial charge in [-0.25, -0.2) is 0 Å². The molecule has 2 aliphatic rings. The summed E-state index contributed by atoms with van der Waals surface area (Å²) in [5.74, 6) is 2.98. The monoisotopic (exact) mass is 287 g/mol. The third-order valence-electron chi connectivity index (χ3n) is 5.78. The van der Waals surface area contributed by atoms with Crippen molar-refractivity contribution in [1.29, 1.82) is 5.41 Å². The molecule has 0 amide bonds. The average Bonchev–Trinajstić information content (AvgIpc) is 2.76. The second-order valence-corrected chi connectivity index (χ2v) is 7.51. The van der Waals surface area contributed by atoms with Crippen molar-refractivity contribution in [3.05, 3.63) is 22.8 Å². The molecule has 1 saturated carbocycles. The maximum atomic E-state index is 8.61. The van der Waals surface area contributed by atoms with E-state index in [2.05, 4.69) is 47.6 Å². The molecule has 0 bridgehead atoms. The van der Waals surface area contributed by atoms with Gasteiger partial charge >= 0.3 is 0 Å². The van der Waals surface area contributed by atoms with Crippen molar-refractivity contribution in [3.8, 4) is 0 Å². The lowest BCUT2D eigenvalue weighted by atomic mass is 9.64. The maximum Gasteiger partial charge on any atom is 0.0250 e. The van der Waals surface area contributed by atoms with Gasteiger partial charge in [-0.15, -0.1) is 0 Å². The standard InChI is InChI=1S/C20H33N/c1-7-9-13(5)17-11-18(21)20-16(12(3)4)10-14(6)15(8-2)19(17)20/h10,12,14-15,19-21H,7-9,11H2,1-6H3/b17-13-,21-18?. The molecule has 2 rings (SSSR count). The van der Waals surface area contributed by atoms with E-state index in [1.807, 2.05) is 0 Å². The van der Waals surface area contributed by atoms with Crippen LogP contribution in [0.2, 0.25) is 0 Å². The zero-order valence-corrected chi connectivity index (χ0v) is 14.8. The molecule has 21 heavy (non-hydrogen) atoms. The van der Waals surface area contributed by atoms with Crippen LogP contribution in [0.25, 0.3) is 0 Å². The van der Waals surface area contributed by atoms with Gasteiger partial charge < -0.3 is 5.41 Å². The fraction of sp³-hybridized carbons (Fsp3) is 0.750. The summed E-state index contributed by atoms with van der Waals surface area (Å²) in [6.45, 7) is 13.9. The predicted octanol–water partition coefficient (Wildman–Crippen LogP) is 6.02. The third kappa shape index (κ3) is 2.89. The van der Waals surface area contributed by atoms with Crippen LogP contribution in [0.4, 0.5) is 0 Å². The lowest BCUT2D eigenvalue weighted by Gasteiger charge is -2.40. The predicted molar refractivity (Wildman–Crippen MR) is 92.8 cm³/mol. The molecule has 1 nitrogen and oxygen atoms in total. The van der Waals surface area contributed by atoms with Gasteiger partial charge in [0.25, 0.3) is 0 Å². The lowest BCUT2D eigenvalue weighted by molar-refractivity contribution is 0.251. The number of allylic oxidation sites excluding steroid dienone is 4. The van der Waals surface area contributed by atoms with Crippen LogP contribution in [0.3, 0.4) is 0 Å². The summed E-state index contributed by atoms with van der Waals surface area (Å²) >= 11 is 0. The molecule has 0 aromatic rings. The van der Waals surface area contributed by atoms with E-state index in [1.54, 1.807) is 16.7 Å². The summed E-state index contributed by atoms with van der Waals surface area (Å²) < 4.78 is 0. The summed E-state index contributed by atoms with van der Waals surface area (Å²) in [6, 6.07) is 0. The summed E-state index contributed by atoms with van der Waals surface area (Å²) in [4.78, 5) is 0. The van der Waals surface area contributed by atoms with E-state index in [4.69, 9.17) is 5.41 Å². The molecule has 0 heterocycles. The molecule has 118 valence electrons. The summed E-state index contributed by atoms with van der Waals surface area (Å²) in [6.07, 6.45) is 7.11. The maximum absolute atomic E-state index is 8.61. The highest BCUT2D eigenvalue weighted by atomic mass is 14.6. The van der Waals surface area contributed by atoms with E-state index in [0.29, 0.717) is 23.7 Å². The van der Waals surface area contributed by atoms with Crippen LogP contribution in [-0.2, 0) is 0 Å². The first kappa shape index (κ1) is 16.5. The molecule has 0 aromatic heterocycles. The molecular formula is C20H33N. The van der Waals surface area contributed by atoms with Crippen LogP contribution in [0.5, 0.6) is 0 Å². The van der Waals surface area contributed by atoms with Crippen molar-refractivity contribution in [2.24, 2.45) is 29.6 Å². The smallest absolute Gasteiger partial charge is 0.0250 e. The van der Waals surface area contributed by atoms with Crippen LogP contribution in [0, 0.1) is 35.0 Å². The zero-order chi connectivity index (χ0) is 15.7. The van der Waals surface area contributed by atoms with Gasteiger partial charge in [-0.05, 0) is 37.0 Å². The van der Waals surface area contributed by atoms with E-state index in [1.165, 1.54) is 19.3 Å². The van der Waals surface area contributed by atoms with Gasteiger partial charge in [0.1, 0.15) is 0 Å². The van der Waals surface area contributed by atoms with Crippen LogP contribution >= 0.6 is 0 Å². The summed E-state index contributed by atoms with van der Waals surface area (Å²) in [5.41, 5.74) is 5.72. The van der Waals surface area contributed by atoms with E-state index < -0.39 is 0 Å². The van der Waals surface area contributed by atoms with E-state index in [9.17, 15) is 0 Å². The SMILES string of the molecule is CCC/C(C)=C1/CC(=N)C2C(C(C)C)=CC(C)C(CC)C12. The zero-order valence-electron chi connectivity index (χ0n) is 14.8. The quantitative estimate of drug-likeness (QED) is 0.612. The van der Waals surface area contributed by atoms with Gasteiger partial charge in [0.2, 0.25) is 0 Å². The highest BCUT2D eigenvalue weighted by Gasteiger charge is 2.46. The minimum atomic E-state index is 0.410. The molecule has 0 aromatic carbocycles. The minimum absolute atomic E-state index is 0.410. The van der Waals surface area contributed by atoms with Gasteiger partial charge in [-0.2, -0.15) is 0 Å². The first-order chi connectivity index (χ1) is 9.92. The Bertz CT molecular complexity index is 466. The van der Waals surface area contributed by atoms with Crippen LogP contribution in [0.1, 0.15) is 67.2 Å². The van der Waals surface area contributed by atoms with Crippen molar-refractivity contribution >= 4 is 5.71 Å². The summed E-state index contributed by atoms with van der Waals surface area (Å²) in [7, 11) is 0. The molecule has 4 atom stereocenters. The molecular weight excluding hydrogens is 254 g/mol. The normalized spacial score (nSPS) is 35.0. The molecule has 1 fully saturated rings. The van der Waals surface area contributed by atoms with Crippen molar-refractivity contribution in [1.82, 2.24) is 0 Å². The second kappa shape index (κ2) is 6.50. The van der Waals surface area contributed by atoms with Crippen molar-refractivity contribution in [3.63, 3.8) is 0 Å². The second-order valence-electron chi connectivity index (χ2n) is 7.51. The number of fused-ring (bicyclic) bond motifs is 1. The number of hydrogen-bond donors (Lipinski definition) is 1. The Balaban J connectivity index is 2.50. The van der Waals surface area contributed by atoms with Gasteiger partial charge in [0.15, 0.2) is 0 Å². The Labute approximate surface area is 131 Å². The topological polar surface area (TPSA) is 23.9 Å². The molecule has 1 N–H and O–H groups in total. The fourth-order valence-corrected chi connectivity index (χ4v) is 4.77. The Morgan fingerprint density at radius 3 is 2.52 bits per heavy atom. The Morgan fingerprint density at radius 1 is 1.33 bits per heavy atom. The highest BCUT2D eigenvalue weighted by molar-refractivity contribution is 5.93. The fourth-order valence-electron chi connectivity index (χ4n) is 4.77. The molecule has 2 aliphatic carbocycles. The van der Waals surface area contributed by atoms with E-state index in [0.717, 1.165) is 18.1 Å². The molecule has 1 heteroatoms. The Kier molecular flexibility index (Phi) is 5.11. The molecule has 0 saturated heterocycles. The van der Waals surface area contributed by atoms with E-state index >= 15 is 0 Å². The van der Waals surface area contributed by atoms with Crippen molar-refractivity contribution < 1.29 is 0 Å². The number of rotatable bonds is 4.